The van der Waals surface area contributed by atoms with Gasteiger partial charge >= 0.3 is 0 Å². The summed E-state index contributed by atoms with van der Waals surface area (Å²) in [5.41, 5.74) is 7.96. The average molecular weight is 191 g/mol. The molecule has 0 spiro atoms. The second kappa shape index (κ2) is 3.77. The van der Waals surface area contributed by atoms with Crippen LogP contribution in [0.25, 0.3) is 5.52 Å². The summed E-state index contributed by atoms with van der Waals surface area (Å²) in [6.07, 6.45) is 4.19. The molecule has 74 valence electrons. The molecule has 0 amide bonds. The van der Waals surface area contributed by atoms with Crippen molar-refractivity contribution in [3.63, 3.8) is 0 Å². The number of aromatic nitrogens is 2. The van der Waals surface area contributed by atoms with E-state index in [0.717, 1.165) is 11.1 Å². The van der Waals surface area contributed by atoms with Crippen molar-refractivity contribution in [1.82, 2.24) is 9.61 Å². The summed E-state index contributed by atoms with van der Waals surface area (Å²) in [5.74, 6) is 0. The number of hydrogen-bond donors (Lipinski definition) is 2. The van der Waals surface area contributed by atoms with Crippen LogP contribution in [0.15, 0.2) is 30.6 Å². The zero-order chi connectivity index (χ0) is 9.97. The van der Waals surface area contributed by atoms with E-state index < -0.39 is 0 Å². The van der Waals surface area contributed by atoms with Gasteiger partial charge in [0.25, 0.3) is 0 Å². The molecule has 1 unspecified atom stereocenters. The lowest BCUT2D eigenvalue weighted by atomic mass is 10.1. The maximum absolute atomic E-state index is 8.82. The molecule has 0 aliphatic rings. The number of nitrogens with zero attached hydrogens (tertiary/aromatic N) is 2. The third-order valence-corrected chi connectivity index (χ3v) is 2.31. The van der Waals surface area contributed by atoms with Gasteiger partial charge in [-0.2, -0.15) is 5.10 Å². The second-order valence-electron chi connectivity index (χ2n) is 3.24. The van der Waals surface area contributed by atoms with E-state index in [2.05, 4.69) is 5.10 Å². The van der Waals surface area contributed by atoms with Gasteiger partial charge in [0, 0.05) is 25.0 Å². The predicted octanol–water partition coefficient (Wildman–Crippen LogP) is 0.716. The van der Waals surface area contributed by atoms with Crippen molar-refractivity contribution in [2.24, 2.45) is 5.73 Å². The van der Waals surface area contributed by atoms with Gasteiger partial charge in [0.05, 0.1) is 5.52 Å². The standard InChI is InChI=1S/C10H13N3O/c11-9(4-7-14)8-2-1-6-13-10(8)3-5-12-13/h1-3,5-6,9,14H,4,7,11H2. The summed E-state index contributed by atoms with van der Waals surface area (Å²) in [7, 11) is 0. The predicted molar refractivity (Wildman–Crippen MR) is 53.8 cm³/mol. The SMILES string of the molecule is NC(CCO)c1cccn2nccc12. The molecule has 2 aromatic heterocycles. The first kappa shape index (κ1) is 9.18. The Hall–Kier alpha value is -1.39. The molecule has 2 rings (SSSR count). The molecule has 2 aromatic rings. The Morgan fingerprint density at radius 2 is 2.36 bits per heavy atom. The zero-order valence-corrected chi connectivity index (χ0v) is 7.80. The molecule has 4 nitrogen and oxygen atoms in total. The van der Waals surface area contributed by atoms with Crippen LogP contribution in [0.5, 0.6) is 0 Å². The van der Waals surface area contributed by atoms with E-state index in [1.54, 1.807) is 10.7 Å². The van der Waals surface area contributed by atoms with Crippen LogP contribution in [0.4, 0.5) is 0 Å². The molecule has 0 aliphatic carbocycles. The third-order valence-electron chi connectivity index (χ3n) is 2.31. The number of aliphatic hydroxyl groups excluding tert-OH is 1. The Labute approximate surface area is 82.0 Å². The Morgan fingerprint density at radius 3 is 3.14 bits per heavy atom. The van der Waals surface area contributed by atoms with Gasteiger partial charge < -0.3 is 10.8 Å². The highest BCUT2D eigenvalue weighted by Crippen LogP contribution is 2.18. The van der Waals surface area contributed by atoms with E-state index >= 15 is 0 Å². The van der Waals surface area contributed by atoms with Crippen LogP contribution < -0.4 is 5.73 Å². The van der Waals surface area contributed by atoms with Crippen LogP contribution in [-0.2, 0) is 0 Å². The second-order valence-corrected chi connectivity index (χ2v) is 3.24. The minimum absolute atomic E-state index is 0.107. The first-order chi connectivity index (χ1) is 6.83. The Bertz CT molecular complexity index is 424. The molecule has 0 aromatic carbocycles. The molecular formula is C10H13N3O. The van der Waals surface area contributed by atoms with Crippen LogP contribution in [0.2, 0.25) is 0 Å². The highest BCUT2D eigenvalue weighted by molar-refractivity contribution is 5.54. The van der Waals surface area contributed by atoms with E-state index in [0.29, 0.717) is 6.42 Å². The van der Waals surface area contributed by atoms with Gasteiger partial charge in [-0.3, -0.25) is 0 Å². The number of fused-ring (bicyclic) bond motifs is 1. The van der Waals surface area contributed by atoms with Gasteiger partial charge in [0.2, 0.25) is 0 Å². The lowest BCUT2D eigenvalue weighted by molar-refractivity contribution is 0.277. The Balaban J connectivity index is 2.45. The number of pyridine rings is 1. The summed E-state index contributed by atoms with van der Waals surface area (Å²) in [4.78, 5) is 0. The van der Waals surface area contributed by atoms with Crippen LogP contribution in [0.3, 0.4) is 0 Å². The van der Waals surface area contributed by atoms with E-state index in [1.807, 2.05) is 24.4 Å². The minimum Gasteiger partial charge on any atom is -0.396 e. The van der Waals surface area contributed by atoms with E-state index in [9.17, 15) is 0 Å². The monoisotopic (exact) mass is 191 g/mol. The first-order valence-corrected chi connectivity index (χ1v) is 4.61. The van der Waals surface area contributed by atoms with Crippen molar-refractivity contribution < 1.29 is 5.11 Å². The van der Waals surface area contributed by atoms with Gasteiger partial charge in [-0.1, -0.05) is 6.07 Å². The van der Waals surface area contributed by atoms with Crippen LogP contribution >= 0.6 is 0 Å². The fourth-order valence-corrected chi connectivity index (χ4v) is 1.58. The molecule has 0 radical (unpaired) electrons. The molecule has 0 bridgehead atoms. The van der Waals surface area contributed by atoms with E-state index in [1.165, 1.54) is 0 Å². The smallest absolute Gasteiger partial charge is 0.0709 e. The van der Waals surface area contributed by atoms with Crippen molar-refractivity contribution in [3.05, 3.63) is 36.2 Å². The van der Waals surface area contributed by atoms with E-state index in [4.69, 9.17) is 10.8 Å². The number of aliphatic hydroxyl groups is 1. The highest BCUT2D eigenvalue weighted by Gasteiger charge is 2.09. The Kier molecular flexibility index (Phi) is 2.47. The van der Waals surface area contributed by atoms with Crippen molar-refractivity contribution in [2.75, 3.05) is 6.61 Å². The van der Waals surface area contributed by atoms with Gasteiger partial charge in [0.15, 0.2) is 0 Å². The van der Waals surface area contributed by atoms with Crippen LogP contribution in [0.1, 0.15) is 18.0 Å². The zero-order valence-electron chi connectivity index (χ0n) is 7.80. The van der Waals surface area contributed by atoms with Crippen molar-refractivity contribution in [2.45, 2.75) is 12.5 Å². The number of rotatable bonds is 3. The molecule has 14 heavy (non-hydrogen) atoms. The lowest BCUT2D eigenvalue weighted by Gasteiger charge is -2.11. The average Bonchev–Trinajstić information content (AvgIpc) is 2.65. The molecule has 3 N–H and O–H groups in total. The fraction of sp³-hybridized carbons (Fsp3) is 0.300. The molecule has 0 fully saturated rings. The number of hydrogen-bond acceptors (Lipinski definition) is 3. The van der Waals surface area contributed by atoms with Gasteiger partial charge in [0.1, 0.15) is 0 Å². The summed E-state index contributed by atoms with van der Waals surface area (Å²) in [6, 6.07) is 5.68. The third kappa shape index (κ3) is 1.49. The molecule has 2 heterocycles. The van der Waals surface area contributed by atoms with Gasteiger partial charge in [-0.25, -0.2) is 4.52 Å². The normalized spacial score (nSPS) is 13.3. The molecule has 0 saturated heterocycles. The van der Waals surface area contributed by atoms with Gasteiger partial charge in [-0.15, -0.1) is 0 Å². The molecule has 0 saturated carbocycles. The summed E-state index contributed by atoms with van der Waals surface area (Å²) < 4.78 is 1.78. The summed E-state index contributed by atoms with van der Waals surface area (Å²) >= 11 is 0. The Morgan fingerprint density at radius 1 is 1.50 bits per heavy atom. The minimum atomic E-state index is -0.125. The number of nitrogens with two attached hydrogens (primary N) is 1. The molecular weight excluding hydrogens is 178 g/mol. The first-order valence-electron chi connectivity index (χ1n) is 4.61. The maximum atomic E-state index is 8.82. The van der Waals surface area contributed by atoms with Crippen LogP contribution in [-0.4, -0.2) is 21.3 Å². The van der Waals surface area contributed by atoms with Crippen LogP contribution in [0, 0.1) is 0 Å². The quantitative estimate of drug-likeness (QED) is 0.751. The largest absolute Gasteiger partial charge is 0.396 e. The molecule has 4 heteroatoms. The van der Waals surface area contributed by atoms with Gasteiger partial charge in [-0.05, 0) is 24.1 Å². The maximum Gasteiger partial charge on any atom is 0.0709 e. The molecule has 0 aliphatic heterocycles. The lowest BCUT2D eigenvalue weighted by Crippen LogP contribution is -2.13. The summed E-state index contributed by atoms with van der Waals surface area (Å²) in [5, 5.41) is 12.9. The van der Waals surface area contributed by atoms with Crippen molar-refractivity contribution >= 4 is 5.52 Å². The van der Waals surface area contributed by atoms with Crippen molar-refractivity contribution in [1.29, 1.82) is 0 Å². The topological polar surface area (TPSA) is 63.5 Å². The van der Waals surface area contributed by atoms with Crippen molar-refractivity contribution in [3.8, 4) is 0 Å². The highest BCUT2D eigenvalue weighted by atomic mass is 16.3. The fourth-order valence-electron chi connectivity index (χ4n) is 1.58. The molecule has 1 atom stereocenters. The summed E-state index contributed by atoms with van der Waals surface area (Å²) in [6.45, 7) is 0.107. The van der Waals surface area contributed by atoms with E-state index in [-0.39, 0.29) is 12.6 Å².